The topological polar surface area (TPSA) is 67.8 Å². The van der Waals surface area contributed by atoms with Crippen molar-refractivity contribution in [3.8, 4) is 5.75 Å². The average Bonchev–Trinajstić information content (AvgIpc) is 2.73. The van der Waals surface area contributed by atoms with Gasteiger partial charge in [-0.3, -0.25) is 4.79 Å². The molecule has 6 heteroatoms. The molecule has 5 nitrogen and oxygen atoms in total. The molecule has 2 aromatic rings. The van der Waals surface area contributed by atoms with Crippen LogP contribution < -0.4 is 10.1 Å². The molecule has 3 atom stereocenters. The highest BCUT2D eigenvalue weighted by Crippen LogP contribution is 2.50. The molecule has 168 valence electrons. The van der Waals surface area contributed by atoms with Crippen LogP contribution in [0.5, 0.6) is 5.75 Å². The smallest absolute Gasteiger partial charge is 0.257 e. The number of methoxy groups -OCH3 is 1. The number of nitrogens with one attached hydrogen (secondary N) is 1. The van der Waals surface area contributed by atoms with Crippen LogP contribution in [0, 0.1) is 0 Å². The molecule has 32 heavy (non-hydrogen) atoms. The molecule has 4 rings (SSSR count). The summed E-state index contributed by atoms with van der Waals surface area (Å²) < 4.78 is 12.9. The number of allylic oxidation sites excluding steroid dienone is 2. The van der Waals surface area contributed by atoms with Crippen LogP contribution in [0.15, 0.2) is 58.6 Å². The van der Waals surface area contributed by atoms with E-state index < -0.39 is 23.2 Å². The van der Waals surface area contributed by atoms with E-state index in [-0.39, 0.29) is 0 Å². The number of hydrogen-bond acceptors (Lipinski definition) is 4. The van der Waals surface area contributed by atoms with Crippen LogP contribution in [0.2, 0.25) is 0 Å². The Bertz CT molecular complexity index is 1120. The molecule has 2 aromatic carbocycles. The Morgan fingerprint density at radius 1 is 1.31 bits per heavy atom. The number of hydrogen-bond donors (Lipinski definition) is 2. The zero-order valence-electron chi connectivity index (χ0n) is 18.7. The van der Waals surface area contributed by atoms with Gasteiger partial charge in [-0.1, -0.05) is 45.8 Å². The average molecular weight is 498 g/mol. The number of anilines is 1. The number of halogens is 1. The summed E-state index contributed by atoms with van der Waals surface area (Å²) in [7, 11) is 1.43. The van der Waals surface area contributed by atoms with E-state index in [1.165, 1.54) is 12.7 Å². The van der Waals surface area contributed by atoms with Gasteiger partial charge in [0, 0.05) is 17.1 Å². The fraction of sp³-hybridized carbons (Fsp3) is 0.346. The van der Waals surface area contributed by atoms with Crippen molar-refractivity contribution in [2.45, 2.75) is 50.9 Å². The maximum absolute atomic E-state index is 12.9. The number of carbonyl (C=O) groups excluding carboxylic acids is 1. The Balaban J connectivity index is 1.88. The Morgan fingerprint density at radius 3 is 2.78 bits per heavy atom. The van der Waals surface area contributed by atoms with Crippen molar-refractivity contribution in [2.75, 3.05) is 12.4 Å². The van der Waals surface area contributed by atoms with Crippen molar-refractivity contribution in [1.29, 1.82) is 0 Å². The minimum Gasteiger partial charge on any atom is -0.482 e. The van der Waals surface area contributed by atoms with Crippen LogP contribution in [0.3, 0.4) is 0 Å². The number of rotatable bonds is 5. The van der Waals surface area contributed by atoms with Gasteiger partial charge in [-0.05, 0) is 69.5 Å². The third-order valence-corrected chi connectivity index (χ3v) is 6.58. The molecule has 2 aliphatic rings. The number of aliphatic hydroxyl groups is 1. The van der Waals surface area contributed by atoms with Crippen LogP contribution in [0.4, 0.5) is 5.69 Å². The normalized spacial score (nSPS) is 25.9. The van der Waals surface area contributed by atoms with Gasteiger partial charge in [0.05, 0.1) is 11.3 Å². The third-order valence-electron chi connectivity index (χ3n) is 6.09. The first-order valence-electron chi connectivity index (χ1n) is 10.7. The van der Waals surface area contributed by atoms with Crippen molar-refractivity contribution in [3.63, 3.8) is 0 Å². The van der Waals surface area contributed by atoms with E-state index in [1.807, 2.05) is 31.2 Å². The van der Waals surface area contributed by atoms with Crippen LogP contribution in [0.25, 0.3) is 6.08 Å². The standard InChI is InChI=1S/C26H28BrNO4/c1-16(2)7-6-13-25(3)14-12-17-10-11-20-21(22(17)32-25)26(30,23(31-4)24(29)28-20)18-8-5-9-19(27)15-18/h5,7-12,14-15,23,30H,6,13H2,1-4H3,(H,28,29)/t23-,25+,26+/m1/s1. The van der Waals surface area contributed by atoms with E-state index in [4.69, 9.17) is 9.47 Å². The molecule has 0 saturated heterocycles. The zero-order valence-corrected chi connectivity index (χ0v) is 20.3. The molecule has 0 fully saturated rings. The molecule has 0 aliphatic carbocycles. The highest BCUT2D eigenvalue weighted by molar-refractivity contribution is 9.10. The fourth-order valence-electron chi connectivity index (χ4n) is 4.46. The molecule has 0 saturated carbocycles. The largest absolute Gasteiger partial charge is 0.482 e. The Hall–Kier alpha value is -2.41. The van der Waals surface area contributed by atoms with Gasteiger partial charge in [-0.15, -0.1) is 0 Å². The van der Waals surface area contributed by atoms with E-state index in [0.29, 0.717) is 22.6 Å². The molecule has 0 unspecified atom stereocenters. The third kappa shape index (κ3) is 3.91. The first-order chi connectivity index (χ1) is 15.2. The number of fused-ring (bicyclic) bond motifs is 3. The second-order valence-corrected chi connectivity index (χ2v) is 9.77. The van der Waals surface area contributed by atoms with Gasteiger partial charge in [0.2, 0.25) is 0 Å². The van der Waals surface area contributed by atoms with Crippen molar-refractivity contribution >= 4 is 33.6 Å². The summed E-state index contributed by atoms with van der Waals surface area (Å²) in [6.07, 6.45) is 6.81. The molecule has 2 heterocycles. The first kappa shape index (κ1) is 22.8. The minimum absolute atomic E-state index is 0.403. The van der Waals surface area contributed by atoms with Crippen molar-refractivity contribution < 1.29 is 19.4 Å². The number of benzene rings is 2. The summed E-state index contributed by atoms with van der Waals surface area (Å²) in [6, 6.07) is 11.0. The highest BCUT2D eigenvalue weighted by Gasteiger charge is 2.52. The number of amides is 1. The molecule has 2 aliphatic heterocycles. The van der Waals surface area contributed by atoms with Gasteiger partial charge in [0.25, 0.3) is 5.91 Å². The lowest BCUT2D eigenvalue weighted by molar-refractivity contribution is -0.142. The quantitative estimate of drug-likeness (QED) is 0.530. The van der Waals surface area contributed by atoms with E-state index in [2.05, 4.69) is 47.2 Å². The summed E-state index contributed by atoms with van der Waals surface area (Å²) in [5.74, 6) is 0.161. The molecular formula is C26H28BrNO4. The summed E-state index contributed by atoms with van der Waals surface area (Å²) in [4.78, 5) is 12.9. The molecule has 0 radical (unpaired) electrons. The lowest BCUT2D eigenvalue weighted by atomic mass is 9.76. The summed E-state index contributed by atoms with van der Waals surface area (Å²) in [6.45, 7) is 6.20. The fourth-order valence-corrected chi connectivity index (χ4v) is 4.85. The summed E-state index contributed by atoms with van der Waals surface area (Å²) >= 11 is 3.48. The minimum atomic E-state index is -1.73. The monoisotopic (exact) mass is 497 g/mol. The zero-order chi connectivity index (χ0) is 23.1. The maximum Gasteiger partial charge on any atom is 0.257 e. The van der Waals surface area contributed by atoms with Crippen LogP contribution in [-0.2, 0) is 15.1 Å². The lowest BCUT2D eigenvalue weighted by Crippen LogP contribution is -2.53. The van der Waals surface area contributed by atoms with Crippen LogP contribution in [-0.4, -0.2) is 29.8 Å². The highest BCUT2D eigenvalue weighted by atomic mass is 79.9. The van der Waals surface area contributed by atoms with Crippen LogP contribution in [0.1, 0.15) is 50.3 Å². The van der Waals surface area contributed by atoms with Crippen molar-refractivity contribution in [3.05, 3.63) is 75.3 Å². The molecule has 0 spiro atoms. The molecule has 0 aromatic heterocycles. The van der Waals surface area contributed by atoms with Gasteiger partial charge in [0.1, 0.15) is 11.4 Å². The molecule has 2 N–H and O–H groups in total. The summed E-state index contributed by atoms with van der Waals surface area (Å²) in [5, 5.41) is 15.1. The van der Waals surface area contributed by atoms with Gasteiger partial charge < -0.3 is 19.9 Å². The molecular weight excluding hydrogens is 470 g/mol. The molecule has 1 amide bonds. The lowest BCUT2D eigenvalue weighted by Gasteiger charge is -2.43. The number of carbonyl (C=O) groups is 1. The SMILES string of the molecule is CO[C@@H]1C(=O)Nc2ccc3c(c2[C@@]1(O)c1cccc(Br)c1)O[C@@](C)(CCC=C(C)C)C=C3. The van der Waals surface area contributed by atoms with Crippen LogP contribution >= 0.6 is 15.9 Å². The number of ether oxygens (including phenoxy) is 2. The van der Waals surface area contributed by atoms with E-state index in [1.54, 1.807) is 18.2 Å². The van der Waals surface area contributed by atoms with Gasteiger partial charge >= 0.3 is 0 Å². The Kier molecular flexibility index (Phi) is 6.05. The van der Waals surface area contributed by atoms with E-state index >= 15 is 0 Å². The maximum atomic E-state index is 12.9. The second-order valence-electron chi connectivity index (χ2n) is 8.86. The van der Waals surface area contributed by atoms with E-state index in [9.17, 15) is 9.90 Å². The predicted molar refractivity (Wildman–Crippen MR) is 130 cm³/mol. The molecule has 0 bridgehead atoms. The van der Waals surface area contributed by atoms with Gasteiger partial charge in [-0.2, -0.15) is 0 Å². The second kappa shape index (κ2) is 8.50. The summed E-state index contributed by atoms with van der Waals surface area (Å²) in [5.41, 5.74) is 1.42. The Labute approximate surface area is 197 Å². The first-order valence-corrected chi connectivity index (χ1v) is 11.5. The Morgan fingerprint density at radius 2 is 2.09 bits per heavy atom. The van der Waals surface area contributed by atoms with Gasteiger partial charge in [0.15, 0.2) is 11.7 Å². The van der Waals surface area contributed by atoms with Gasteiger partial charge in [-0.25, -0.2) is 0 Å². The van der Waals surface area contributed by atoms with Crippen molar-refractivity contribution in [1.82, 2.24) is 0 Å². The van der Waals surface area contributed by atoms with E-state index in [0.717, 1.165) is 22.9 Å². The predicted octanol–water partition coefficient (Wildman–Crippen LogP) is 5.56. The van der Waals surface area contributed by atoms with Crippen molar-refractivity contribution in [2.24, 2.45) is 0 Å².